The number of hydrogen-bond acceptors (Lipinski definition) is 3. The van der Waals surface area contributed by atoms with Gasteiger partial charge in [-0.15, -0.1) is 0 Å². The van der Waals surface area contributed by atoms with Crippen molar-refractivity contribution in [3.63, 3.8) is 0 Å². The summed E-state index contributed by atoms with van der Waals surface area (Å²) < 4.78 is 4.49. The van der Waals surface area contributed by atoms with Gasteiger partial charge in [0.1, 0.15) is 5.70 Å². The predicted molar refractivity (Wildman–Crippen MR) is 39.4 cm³/mol. The molecule has 10 heavy (non-hydrogen) atoms. The first-order chi connectivity index (χ1) is 4.76. The van der Waals surface area contributed by atoms with Crippen LogP contribution in [0, 0.1) is 0 Å². The molecule has 0 rings (SSSR count). The minimum atomic E-state index is -0.315. The Labute approximate surface area is 61.1 Å². The van der Waals surface area contributed by atoms with E-state index in [2.05, 4.69) is 10.1 Å². The highest BCUT2D eigenvalue weighted by Gasteiger charge is 2.03. The Morgan fingerprint density at radius 2 is 2.30 bits per heavy atom. The maximum atomic E-state index is 10.8. The molecule has 0 unspecified atom stereocenters. The number of rotatable bonds is 3. The summed E-state index contributed by atoms with van der Waals surface area (Å²) in [5, 5.41) is 2.74. The van der Waals surface area contributed by atoms with Crippen LogP contribution in [-0.4, -0.2) is 20.1 Å². The van der Waals surface area contributed by atoms with Gasteiger partial charge < -0.3 is 10.1 Å². The Kier molecular flexibility index (Phi) is 4.37. The normalized spacial score (nSPS) is 10.9. The summed E-state index contributed by atoms with van der Waals surface area (Å²) in [4.78, 5) is 10.8. The highest BCUT2D eigenvalue weighted by molar-refractivity contribution is 5.87. The van der Waals surface area contributed by atoms with Gasteiger partial charge in [0.2, 0.25) is 0 Å². The third-order valence-electron chi connectivity index (χ3n) is 1.08. The first kappa shape index (κ1) is 9.01. The van der Waals surface area contributed by atoms with Crippen LogP contribution in [0.1, 0.15) is 13.3 Å². The fraction of sp³-hybridized carbons (Fsp3) is 0.571. The van der Waals surface area contributed by atoms with Crippen LogP contribution >= 0.6 is 0 Å². The van der Waals surface area contributed by atoms with Crippen molar-refractivity contribution in [2.75, 3.05) is 14.2 Å². The molecule has 0 aliphatic heterocycles. The summed E-state index contributed by atoms with van der Waals surface area (Å²) in [7, 11) is 3.06. The number of carbonyl (C=O) groups excluding carboxylic acids is 1. The Morgan fingerprint density at radius 1 is 1.70 bits per heavy atom. The minimum Gasteiger partial charge on any atom is -0.464 e. The molecule has 1 N–H and O–H groups in total. The Hall–Kier alpha value is -0.990. The molecule has 0 aliphatic rings. The molecule has 0 aliphatic carbocycles. The molecule has 0 atom stereocenters. The molecule has 0 saturated carbocycles. The van der Waals surface area contributed by atoms with E-state index in [0.29, 0.717) is 5.70 Å². The van der Waals surface area contributed by atoms with Crippen LogP contribution in [-0.2, 0) is 9.53 Å². The largest absolute Gasteiger partial charge is 0.464 e. The number of nitrogens with one attached hydrogen (secondary N) is 1. The van der Waals surface area contributed by atoms with E-state index in [-0.39, 0.29) is 5.97 Å². The Balaban J connectivity index is 4.06. The molecular formula is C7H13NO2. The topological polar surface area (TPSA) is 38.3 Å². The van der Waals surface area contributed by atoms with Crippen molar-refractivity contribution in [2.24, 2.45) is 0 Å². The quantitative estimate of drug-likeness (QED) is 0.466. The first-order valence-corrected chi connectivity index (χ1v) is 3.22. The van der Waals surface area contributed by atoms with E-state index in [4.69, 9.17) is 0 Å². The lowest BCUT2D eigenvalue weighted by Crippen LogP contribution is -2.17. The number of hydrogen-bond donors (Lipinski definition) is 1. The van der Waals surface area contributed by atoms with Crippen LogP contribution in [0.25, 0.3) is 0 Å². The van der Waals surface area contributed by atoms with Gasteiger partial charge >= 0.3 is 5.97 Å². The van der Waals surface area contributed by atoms with Gasteiger partial charge in [-0.25, -0.2) is 4.79 Å². The Morgan fingerprint density at radius 3 is 2.60 bits per heavy atom. The number of methoxy groups -OCH3 is 1. The lowest BCUT2D eigenvalue weighted by molar-refractivity contribution is -0.136. The van der Waals surface area contributed by atoms with Crippen molar-refractivity contribution >= 4 is 5.97 Å². The van der Waals surface area contributed by atoms with Crippen LogP contribution in [0.2, 0.25) is 0 Å². The molecule has 0 bridgehead atoms. The fourth-order valence-electron chi connectivity index (χ4n) is 0.602. The molecule has 0 heterocycles. The predicted octanol–water partition coefficient (Wildman–Crippen LogP) is 0.673. The summed E-state index contributed by atoms with van der Waals surface area (Å²) in [6, 6.07) is 0. The number of likely N-dealkylation sites (N-methyl/N-ethyl adjacent to an activating group) is 1. The van der Waals surface area contributed by atoms with Crippen LogP contribution in [0.4, 0.5) is 0 Å². The van der Waals surface area contributed by atoms with Gasteiger partial charge in [-0.05, 0) is 6.42 Å². The van der Waals surface area contributed by atoms with Crippen molar-refractivity contribution in [3.05, 3.63) is 11.8 Å². The molecule has 0 fully saturated rings. The van der Waals surface area contributed by atoms with Crippen molar-refractivity contribution in [1.82, 2.24) is 5.32 Å². The van der Waals surface area contributed by atoms with Gasteiger partial charge in [-0.3, -0.25) is 0 Å². The monoisotopic (exact) mass is 143 g/mol. The van der Waals surface area contributed by atoms with Crippen LogP contribution in [0.5, 0.6) is 0 Å². The minimum absolute atomic E-state index is 0.315. The molecule has 0 aromatic rings. The van der Waals surface area contributed by atoms with Crippen molar-refractivity contribution in [2.45, 2.75) is 13.3 Å². The van der Waals surface area contributed by atoms with Gasteiger partial charge in [0.25, 0.3) is 0 Å². The van der Waals surface area contributed by atoms with Gasteiger partial charge in [0, 0.05) is 7.05 Å². The third kappa shape index (κ3) is 2.53. The van der Waals surface area contributed by atoms with E-state index in [9.17, 15) is 4.79 Å². The molecule has 0 aromatic carbocycles. The summed E-state index contributed by atoms with van der Waals surface area (Å²) in [6.45, 7) is 1.96. The van der Waals surface area contributed by atoms with E-state index in [1.165, 1.54) is 7.11 Å². The van der Waals surface area contributed by atoms with Crippen molar-refractivity contribution < 1.29 is 9.53 Å². The second-order valence-electron chi connectivity index (χ2n) is 1.77. The highest BCUT2D eigenvalue weighted by Crippen LogP contribution is 1.93. The second kappa shape index (κ2) is 4.85. The molecule has 0 spiro atoms. The van der Waals surface area contributed by atoms with Crippen LogP contribution in [0.15, 0.2) is 11.8 Å². The second-order valence-corrected chi connectivity index (χ2v) is 1.77. The zero-order chi connectivity index (χ0) is 7.98. The molecule has 0 saturated heterocycles. The molecular weight excluding hydrogens is 130 g/mol. The average Bonchev–Trinajstić information content (AvgIpc) is 1.99. The molecule has 3 heteroatoms. The zero-order valence-corrected chi connectivity index (χ0v) is 6.60. The van der Waals surface area contributed by atoms with Gasteiger partial charge in [-0.2, -0.15) is 0 Å². The fourth-order valence-corrected chi connectivity index (χ4v) is 0.602. The van der Waals surface area contributed by atoms with Crippen LogP contribution in [0.3, 0.4) is 0 Å². The zero-order valence-electron chi connectivity index (χ0n) is 6.60. The standard InChI is InChI=1S/C7H13NO2/c1-4-5-6(8-2)7(9)10-3/h5,8H,4H2,1-3H3. The lowest BCUT2D eigenvalue weighted by Gasteiger charge is -2.02. The van der Waals surface area contributed by atoms with Crippen molar-refractivity contribution in [1.29, 1.82) is 0 Å². The molecule has 0 aromatic heterocycles. The number of allylic oxidation sites excluding steroid dienone is 1. The molecule has 3 nitrogen and oxygen atoms in total. The number of ether oxygens (including phenoxy) is 1. The van der Waals surface area contributed by atoms with E-state index in [0.717, 1.165) is 6.42 Å². The van der Waals surface area contributed by atoms with Gasteiger partial charge in [0.15, 0.2) is 0 Å². The Bertz CT molecular complexity index is 141. The number of esters is 1. The van der Waals surface area contributed by atoms with E-state index in [1.54, 1.807) is 13.1 Å². The van der Waals surface area contributed by atoms with E-state index in [1.807, 2.05) is 6.92 Å². The molecule has 58 valence electrons. The SMILES string of the molecule is CCC=C(NC)C(=O)OC. The van der Waals surface area contributed by atoms with E-state index < -0.39 is 0 Å². The number of carbonyl (C=O) groups is 1. The smallest absolute Gasteiger partial charge is 0.353 e. The summed E-state index contributed by atoms with van der Waals surface area (Å²) in [5.74, 6) is -0.315. The maximum Gasteiger partial charge on any atom is 0.353 e. The van der Waals surface area contributed by atoms with E-state index >= 15 is 0 Å². The summed E-state index contributed by atoms with van der Waals surface area (Å²) in [5.41, 5.74) is 0.519. The highest BCUT2D eigenvalue weighted by atomic mass is 16.5. The lowest BCUT2D eigenvalue weighted by atomic mass is 10.3. The summed E-state index contributed by atoms with van der Waals surface area (Å²) >= 11 is 0. The maximum absolute atomic E-state index is 10.8. The molecule has 0 radical (unpaired) electrons. The van der Waals surface area contributed by atoms with Gasteiger partial charge in [0.05, 0.1) is 7.11 Å². The first-order valence-electron chi connectivity index (χ1n) is 3.22. The third-order valence-corrected chi connectivity index (χ3v) is 1.08. The van der Waals surface area contributed by atoms with Crippen molar-refractivity contribution in [3.8, 4) is 0 Å². The average molecular weight is 143 g/mol. The van der Waals surface area contributed by atoms with Gasteiger partial charge in [-0.1, -0.05) is 13.0 Å². The summed E-state index contributed by atoms with van der Waals surface area (Å²) in [6.07, 6.45) is 2.61. The van der Waals surface area contributed by atoms with Crippen LogP contribution < -0.4 is 5.32 Å². The molecule has 0 amide bonds.